The van der Waals surface area contributed by atoms with Crippen LogP contribution >= 0.6 is 0 Å². The first kappa shape index (κ1) is 23.3. The van der Waals surface area contributed by atoms with Crippen molar-refractivity contribution < 1.29 is 13.6 Å². The molecule has 6 rings (SSSR count). The van der Waals surface area contributed by atoms with E-state index in [0.29, 0.717) is 40.2 Å². The van der Waals surface area contributed by atoms with Gasteiger partial charge in [0.15, 0.2) is 11.6 Å². The van der Waals surface area contributed by atoms with Crippen molar-refractivity contribution in [2.75, 3.05) is 15.1 Å². The first-order valence-corrected chi connectivity index (χ1v) is 12.7. The van der Waals surface area contributed by atoms with Gasteiger partial charge in [0, 0.05) is 17.1 Å². The van der Waals surface area contributed by atoms with E-state index in [2.05, 4.69) is 25.4 Å². The number of carbonyl (C=O) groups is 1. The molecule has 2 N–H and O–H groups in total. The van der Waals surface area contributed by atoms with E-state index in [4.69, 9.17) is 4.98 Å². The number of aromatic amines is 1. The third-order valence-electron chi connectivity index (χ3n) is 7.25. The highest BCUT2D eigenvalue weighted by molar-refractivity contribution is 6.10. The molecule has 37 heavy (non-hydrogen) atoms. The standard InChI is InChI=1S/C27H27F2N7O/c1-2-22-26(37)36(20-10-6-7-17(28)12-20)23-15-30-27(33-25(23)35(22)19-8-4-3-5-9-19)32-18-11-16-14-31-34-24(16)21(29)13-18/h6-7,10-15,19,22H,2-5,8-9H2,1H3,(H,31,34)(H,30,32,33)/t22-/m1/s1. The van der Waals surface area contributed by atoms with Crippen LogP contribution in [0.25, 0.3) is 10.9 Å². The van der Waals surface area contributed by atoms with Crippen molar-refractivity contribution in [1.29, 1.82) is 0 Å². The number of carbonyl (C=O) groups excluding carboxylic acids is 1. The maximum Gasteiger partial charge on any atom is 0.254 e. The fourth-order valence-corrected chi connectivity index (χ4v) is 5.56. The predicted molar refractivity (Wildman–Crippen MR) is 138 cm³/mol. The summed E-state index contributed by atoms with van der Waals surface area (Å²) in [5.41, 5.74) is 1.75. The van der Waals surface area contributed by atoms with Crippen molar-refractivity contribution >= 4 is 45.6 Å². The fourth-order valence-electron chi connectivity index (χ4n) is 5.56. The molecular weight excluding hydrogens is 476 g/mol. The lowest BCUT2D eigenvalue weighted by Crippen LogP contribution is -2.56. The third kappa shape index (κ3) is 4.16. The molecule has 1 amide bonds. The van der Waals surface area contributed by atoms with Crippen LogP contribution in [0.2, 0.25) is 0 Å². The van der Waals surface area contributed by atoms with Crippen LogP contribution in [0.1, 0.15) is 45.4 Å². The van der Waals surface area contributed by atoms with Crippen molar-refractivity contribution in [2.24, 2.45) is 0 Å². The highest BCUT2D eigenvalue weighted by atomic mass is 19.1. The Balaban J connectivity index is 1.46. The molecule has 8 nitrogen and oxygen atoms in total. The normalized spacial score (nSPS) is 18.4. The summed E-state index contributed by atoms with van der Waals surface area (Å²) >= 11 is 0. The summed E-state index contributed by atoms with van der Waals surface area (Å²) < 4.78 is 28.7. The Bertz CT molecular complexity index is 1470. The number of hydrogen-bond donors (Lipinski definition) is 2. The van der Waals surface area contributed by atoms with Gasteiger partial charge in [-0.2, -0.15) is 10.1 Å². The number of benzene rings is 2. The van der Waals surface area contributed by atoms with E-state index in [-0.39, 0.29) is 17.9 Å². The Hall–Kier alpha value is -4.08. The van der Waals surface area contributed by atoms with Gasteiger partial charge >= 0.3 is 0 Å². The Morgan fingerprint density at radius 2 is 1.95 bits per heavy atom. The average molecular weight is 504 g/mol. The van der Waals surface area contributed by atoms with Gasteiger partial charge in [0.1, 0.15) is 23.1 Å². The number of H-pyrrole nitrogens is 1. The van der Waals surface area contributed by atoms with E-state index in [1.807, 2.05) is 6.92 Å². The second-order valence-corrected chi connectivity index (χ2v) is 9.60. The van der Waals surface area contributed by atoms with E-state index in [1.54, 1.807) is 30.6 Å². The van der Waals surface area contributed by atoms with Crippen molar-refractivity contribution in [3.63, 3.8) is 0 Å². The molecule has 1 aliphatic carbocycles. The summed E-state index contributed by atoms with van der Waals surface area (Å²) in [6, 6.07) is 8.84. The number of aromatic nitrogens is 4. The molecule has 190 valence electrons. The quantitative estimate of drug-likeness (QED) is 0.349. The van der Waals surface area contributed by atoms with Gasteiger partial charge in [0.05, 0.1) is 18.1 Å². The van der Waals surface area contributed by atoms with Gasteiger partial charge in [0.25, 0.3) is 5.91 Å². The predicted octanol–water partition coefficient (Wildman–Crippen LogP) is 5.97. The highest BCUT2D eigenvalue weighted by Crippen LogP contribution is 2.43. The number of hydrogen-bond acceptors (Lipinski definition) is 6. The van der Waals surface area contributed by atoms with E-state index in [9.17, 15) is 13.6 Å². The zero-order chi connectivity index (χ0) is 25.5. The topological polar surface area (TPSA) is 90.0 Å². The monoisotopic (exact) mass is 503 g/mol. The molecule has 1 aliphatic heterocycles. The van der Waals surface area contributed by atoms with Crippen LogP contribution in [0.15, 0.2) is 48.8 Å². The number of rotatable bonds is 5. The molecule has 2 aromatic carbocycles. The highest BCUT2D eigenvalue weighted by Gasteiger charge is 2.42. The van der Waals surface area contributed by atoms with Crippen molar-refractivity contribution in [3.05, 3.63) is 60.4 Å². The second-order valence-electron chi connectivity index (χ2n) is 9.60. The molecule has 2 aliphatic rings. The van der Waals surface area contributed by atoms with Crippen molar-refractivity contribution in [2.45, 2.75) is 57.5 Å². The van der Waals surface area contributed by atoms with Crippen LogP contribution in [-0.2, 0) is 4.79 Å². The summed E-state index contributed by atoms with van der Waals surface area (Å²) in [7, 11) is 0. The van der Waals surface area contributed by atoms with Crippen LogP contribution < -0.4 is 15.1 Å². The van der Waals surface area contributed by atoms with Crippen LogP contribution in [0.4, 0.5) is 37.6 Å². The number of anilines is 5. The SMILES string of the molecule is CC[C@@H]1C(=O)N(c2cccc(F)c2)c2cnc(Nc3cc(F)c4[nH]ncc4c3)nc2N1C1CCCCC1. The zero-order valence-corrected chi connectivity index (χ0v) is 20.4. The number of fused-ring (bicyclic) bond motifs is 2. The molecule has 4 aromatic rings. The van der Waals surface area contributed by atoms with E-state index in [1.165, 1.54) is 29.5 Å². The lowest BCUT2D eigenvalue weighted by molar-refractivity contribution is -0.119. The Morgan fingerprint density at radius 1 is 1.11 bits per heavy atom. The lowest BCUT2D eigenvalue weighted by Gasteiger charge is -2.46. The molecule has 1 fully saturated rings. The van der Waals surface area contributed by atoms with Gasteiger partial charge in [-0.25, -0.2) is 13.8 Å². The van der Waals surface area contributed by atoms with Crippen LogP contribution in [0.3, 0.4) is 0 Å². The third-order valence-corrected chi connectivity index (χ3v) is 7.25. The Labute approximate surface area is 212 Å². The molecule has 0 bridgehead atoms. The van der Waals surface area contributed by atoms with E-state index < -0.39 is 17.7 Å². The average Bonchev–Trinajstić information content (AvgIpc) is 3.38. The minimum absolute atomic E-state index is 0.122. The second kappa shape index (κ2) is 9.42. The van der Waals surface area contributed by atoms with E-state index in [0.717, 1.165) is 25.7 Å². The summed E-state index contributed by atoms with van der Waals surface area (Å²) in [6.07, 6.45) is 9.02. The minimum atomic E-state index is -0.443. The smallest absolute Gasteiger partial charge is 0.254 e. The first-order chi connectivity index (χ1) is 18.0. The van der Waals surface area contributed by atoms with Crippen molar-refractivity contribution in [3.8, 4) is 0 Å². The van der Waals surface area contributed by atoms with Crippen LogP contribution in [-0.4, -0.2) is 38.2 Å². The number of nitrogens with zero attached hydrogens (tertiary/aromatic N) is 5. The van der Waals surface area contributed by atoms with Gasteiger partial charge < -0.3 is 10.2 Å². The molecule has 0 spiro atoms. The molecule has 1 saturated carbocycles. The summed E-state index contributed by atoms with van der Waals surface area (Å²) in [4.78, 5) is 26.8. The molecule has 2 aromatic heterocycles. The Kier molecular flexibility index (Phi) is 5.94. The maximum atomic E-state index is 14.5. The minimum Gasteiger partial charge on any atom is -0.340 e. The van der Waals surface area contributed by atoms with Gasteiger partial charge in [-0.1, -0.05) is 32.3 Å². The molecule has 0 unspecified atom stereocenters. The molecule has 0 radical (unpaired) electrons. The first-order valence-electron chi connectivity index (χ1n) is 12.7. The lowest BCUT2D eigenvalue weighted by atomic mass is 9.91. The largest absolute Gasteiger partial charge is 0.340 e. The van der Waals surface area contributed by atoms with Crippen LogP contribution in [0.5, 0.6) is 0 Å². The van der Waals surface area contributed by atoms with Gasteiger partial charge in [-0.15, -0.1) is 0 Å². The van der Waals surface area contributed by atoms with Gasteiger partial charge in [-0.3, -0.25) is 14.8 Å². The maximum absolute atomic E-state index is 14.5. The summed E-state index contributed by atoms with van der Waals surface area (Å²) in [5.74, 6) is -0.0863. The van der Waals surface area contributed by atoms with Crippen molar-refractivity contribution in [1.82, 2.24) is 20.2 Å². The fraction of sp³-hybridized carbons (Fsp3) is 0.333. The molecule has 3 heterocycles. The molecule has 10 heteroatoms. The zero-order valence-electron chi connectivity index (χ0n) is 20.4. The molecule has 1 atom stereocenters. The summed E-state index contributed by atoms with van der Waals surface area (Å²) in [6.45, 7) is 1.98. The van der Waals surface area contributed by atoms with E-state index >= 15 is 0 Å². The number of amides is 1. The molecule has 0 saturated heterocycles. The van der Waals surface area contributed by atoms with Crippen LogP contribution in [0, 0.1) is 11.6 Å². The van der Waals surface area contributed by atoms with Gasteiger partial charge in [-0.05, 0) is 49.6 Å². The number of nitrogens with one attached hydrogen (secondary N) is 2. The van der Waals surface area contributed by atoms with Gasteiger partial charge in [0.2, 0.25) is 5.95 Å². The molecular formula is C27H27F2N7O. The number of halogens is 2. The Morgan fingerprint density at radius 3 is 2.73 bits per heavy atom. The summed E-state index contributed by atoms with van der Waals surface area (Å²) in [5, 5.41) is 10.3.